The molecule has 0 atom stereocenters. The van der Waals surface area contributed by atoms with Gasteiger partial charge < -0.3 is 0 Å². The molecule has 0 saturated carbocycles. The molecule has 1 N–H and O–H groups in total. The lowest BCUT2D eigenvalue weighted by molar-refractivity contribution is 0.580. The predicted molar refractivity (Wildman–Crippen MR) is 47.8 cm³/mol. The van der Waals surface area contributed by atoms with E-state index in [4.69, 9.17) is 0 Å². The number of nitrogens with zero attached hydrogens (tertiary/aromatic N) is 1. The Balaban J connectivity index is 2.25. The van der Waals surface area contributed by atoms with Gasteiger partial charge in [-0.1, -0.05) is 0 Å². The molecule has 0 spiro atoms. The summed E-state index contributed by atoms with van der Waals surface area (Å²) in [6, 6.07) is 5.24. The van der Waals surface area contributed by atoms with Crippen LogP contribution < -0.4 is 0 Å². The first kappa shape index (κ1) is 8.87. The number of hydrogen-bond acceptors (Lipinski definition) is 1. The Bertz CT molecular complexity index is 403. The molecule has 1 heterocycles. The molecule has 0 aliphatic heterocycles. The molecule has 0 amide bonds. The van der Waals surface area contributed by atoms with Crippen LogP contribution in [0.2, 0.25) is 0 Å². The number of hydrogen-bond donors (Lipinski definition) is 1. The number of halogens is 2. The monoisotopic (exact) mass is 194 g/mol. The summed E-state index contributed by atoms with van der Waals surface area (Å²) in [5.74, 6) is -1.11. The molecule has 2 rings (SSSR count). The second-order valence-electron chi connectivity index (χ2n) is 3.04. The quantitative estimate of drug-likeness (QED) is 0.780. The molecule has 0 saturated heterocycles. The summed E-state index contributed by atoms with van der Waals surface area (Å²) in [7, 11) is 0. The lowest BCUT2D eigenvalue weighted by Crippen LogP contribution is -1.91. The molecule has 0 fully saturated rings. The SMILES string of the molecule is Fc1cc(F)cc(Cc2ccn[nH]2)c1. The van der Waals surface area contributed by atoms with Gasteiger partial charge in [0.25, 0.3) is 0 Å². The Morgan fingerprint density at radius 2 is 1.86 bits per heavy atom. The maximum atomic E-state index is 12.8. The molecule has 72 valence electrons. The van der Waals surface area contributed by atoms with Crippen molar-refractivity contribution in [1.29, 1.82) is 0 Å². The number of H-pyrrole nitrogens is 1. The lowest BCUT2D eigenvalue weighted by Gasteiger charge is -1.99. The van der Waals surface area contributed by atoms with E-state index in [1.54, 1.807) is 12.3 Å². The van der Waals surface area contributed by atoms with Gasteiger partial charge in [0.2, 0.25) is 0 Å². The van der Waals surface area contributed by atoms with Gasteiger partial charge in [0.15, 0.2) is 0 Å². The van der Waals surface area contributed by atoms with Crippen LogP contribution in [0, 0.1) is 11.6 Å². The van der Waals surface area contributed by atoms with Crippen molar-refractivity contribution in [3.63, 3.8) is 0 Å². The van der Waals surface area contributed by atoms with E-state index in [0.29, 0.717) is 12.0 Å². The number of rotatable bonds is 2. The average Bonchev–Trinajstić information content (AvgIpc) is 2.54. The average molecular weight is 194 g/mol. The van der Waals surface area contributed by atoms with Crippen molar-refractivity contribution < 1.29 is 8.78 Å². The molecule has 0 aliphatic rings. The van der Waals surface area contributed by atoms with Crippen LogP contribution in [-0.4, -0.2) is 10.2 Å². The van der Waals surface area contributed by atoms with Gasteiger partial charge in [0, 0.05) is 24.4 Å². The Hall–Kier alpha value is -1.71. The third-order valence-corrected chi connectivity index (χ3v) is 1.88. The third-order valence-electron chi connectivity index (χ3n) is 1.88. The van der Waals surface area contributed by atoms with Gasteiger partial charge in [-0.15, -0.1) is 0 Å². The fourth-order valence-electron chi connectivity index (χ4n) is 1.32. The predicted octanol–water partition coefficient (Wildman–Crippen LogP) is 2.28. The van der Waals surface area contributed by atoms with Crippen molar-refractivity contribution >= 4 is 0 Å². The lowest BCUT2D eigenvalue weighted by atomic mass is 10.1. The summed E-state index contributed by atoms with van der Waals surface area (Å²) in [4.78, 5) is 0. The van der Waals surface area contributed by atoms with Crippen LogP contribution >= 0.6 is 0 Å². The van der Waals surface area contributed by atoms with Crippen molar-refractivity contribution in [3.05, 3.63) is 53.4 Å². The maximum absolute atomic E-state index is 12.8. The standard InChI is InChI=1S/C10H8F2N2/c11-8-3-7(4-9(12)6-8)5-10-1-2-13-14-10/h1-4,6H,5H2,(H,13,14). The molecule has 2 nitrogen and oxygen atoms in total. The third kappa shape index (κ3) is 1.96. The minimum atomic E-state index is -0.556. The highest BCUT2D eigenvalue weighted by atomic mass is 19.1. The zero-order valence-corrected chi connectivity index (χ0v) is 7.30. The largest absolute Gasteiger partial charge is 0.282 e. The molecule has 0 radical (unpaired) electrons. The zero-order chi connectivity index (χ0) is 9.97. The first-order valence-electron chi connectivity index (χ1n) is 4.17. The summed E-state index contributed by atoms with van der Waals surface area (Å²) in [6.45, 7) is 0. The summed E-state index contributed by atoms with van der Waals surface area (Å²) in [5, 5.41) is 6.48. The molecule has 14 heavy (non-hydrogen) atoms. The van der Waals surface area contributed by atoms with Crippen LogP contribution in [0.5, 0.6) is 0 Å². The van der Waals surface area contributed by atoms with Gasteiger partial charge in [0.1, 0.15) is 11.6 Å². The van der Waals surface area contributed by atoms with E-state index in [0.717, 1.165) is 11.8 Å². The fourth-order valence-corrected chi connectivity index (χ4v) is 1.32. The van der Waals surface area contributed by atoms with E-state index in [1.807, 2.05) is 0 Å². The summed E-state index contributed by atoms with van der Waals surface area (Å²) in [5.41, 5.74) is 1.42. The normalized spacial score (nSPS) is 10.4. The van der Waals surface area contributed by atoms with Crippen LogP contribution in [0.25, 0.3) is 0 Å². The highest BCUT2D eigenvalue weighted by Gasteiger charge is 2.02. The van der Waals surface area contributed by atoms with Crippen LogP contribution in [-0.2, 0) is 6.42 Å². The summed E-state index contributed by atoms with van der Waals surface area (Å²) < 4.78 is 25.6. The molecule has 1 aromatic carbocycles. The minimum absolute atomic E-state index is 0.453. The Kier molecular flexibility index (Phi) is 2.26. The van der Waals surface area contributed by atoms with Gasteiger partial charge in [-0.05, 0) is 23.8 Å². The number of aromatic nitrogens is 2. The van der Waals surface area contributed by atoms with Crippen molar-refractivity contribution in [1.82, 2.24) is 10.2 Å². The molecule has 4 heteroatoms. The Morgan fingerprint density at radius 3 is 2.43 bits per heavy atom. The molecule has 0 aliphatic carbocycles. The molecular weight excluding hydrogens is 186 g/mol. The van der Waals surface area contributed by atoms with Gasteiger partial charge in [-0.3, -0.25) is 5.10 Å². The number of aromatic amines is 1. The van der Waals surface area contributed by atoms with Crippen molar-refractivity contribution in [3.8, 4) is 0 Å². The highest BCUT2D eigenvalue weighted by molar-refractivity contribution is 5.22. The van der Waals surface area contributed by atoms with Gasteiger partial charge >= 0.3 is 0 Å². The Labute approximate surface area is 79.6 Å². The Morgan fingerprint density at radius 1 is 1.14 bits per heavy atom. The van der Waals surface area contributed by atoms with Crippen LogP contribution in [0.15, 0.2) is 30.5 Å². The minimum Gasteiger partial charge on any atom is -0.282 e. The van der Waals surface area contributed by atoms with E-state index in [-0.39, 0.29) is 0 Å². The highest BCUT2D eigenvalue weighted by Crippen LogP contribution is 2.11. The first-order valence-corrected chi connectivity index (χ1v) is 4.17. The first-order chi connectivity index (χ1) is 6.74. The smallest absolute Gasteiger partial charge is 0.126 e. The van der Waals surface area contributed by atoms with Crippen LogP contribution in [0.4, 0.5) is 8.78 Å². The number of nitrogens with one attached hydrogen (secondary N) is 1. The maximum Gasteiger partial charge on any atom is 0.126 e. The van der Waals surface area contributed by atoms with Crippen molar-refractivity contribution in [2.24, 2.45) is 0 Å². The van der Waals surface area contributed by atoms with E-state index in [2.05, 4.69) is 10.2 Å². The molecule has 0 bridgehead atoms. The topological polar surface area (TPSA) is 28.7 Å². The zero-order valence-electron chi connectivity index (χ0n) is 7.30. The molecule has 2 aromatic rings. The van der Waals surface area contributed by atoms with Crippen molar-refractivity contribution in [2.75, 3.05) is 0 Å². The summed E-state index contributed by atoms with van der Waals surface area (Å²) in [6.07, 6.45) is 2.06. The molecular formula is C10H8F2N2. The fraction of sp³-hybridized carbons (Fsp3) is 0.100. The van der Waals surface area contributed by atoms with E-state index in [1.165, 1.54) is 12.1 Å². The second kappa shape index (κ2) is 3.57. The van der Waals surface area contributed by atoms with E-state index in [9.17, 15) is 8.78 Å². The van der Waals surface area contributed by atoms with E-state index < -0.39 is 11.6 Å². The second-order valence-corrected chi connectivity index (χ2v) is 3.04. The van der Waals surface area contributed by atoms with Gasteiger partial charge in [0.05, 0.1) is 0 Å². The molecule has 0 unspecified atom stereocenters. The molecule has 1 aromatic heterocycles. The summed E-state index contributed by atoms with van der Waals surface area (Å²) >= 11 is 0. The van der Waals surface area contributed by atoms with Crippen LogP contribution in [0.1, 0.15) is 11.3 Å². The van der Waals surface area contributed by atoms with Crippen molar-refractivity contribution in [2.45, 2.75) is 6.42 Å². The number of benzene rings is 1. The van der Waals surface area contributed by atoms with E-state index >= 15 is 0 Å². The van der Waals surface area contributed by atoms with Crippen LogP contribution in [0.3, 0.4) is 0 Å². The van der Waals surface area contributed by atoms with Gasteiger partial charge in [-0.2, -0.15) is 5.10 Å². The van der Waals surface area contributed by atoms with Gasteiger partial charge in [-0.25, -0.2) is 8.78 Å².